The monoisotopic (exact) mass is 314 g/mol. The van der Waals surface area contributed by atoms with Gasteiger partial charge in [-0.25, -0.2) is 4.98 Å². The molecule has 114 valence electrons. The maximum Gasteiger partial charge on any atom is 0.416 e. The number of hydrogen-bond acceptors (Lipinski definition) is 3. The van der Waals surface area contributed by atoms with Gasteiger partial charge in [-0.3, -0.25) is 0 Å². The Bertz CT molecular complexity index is 609. The minimum absolute atomic E-state index is 0.116. The fraction of sp³-hybridized carbons (Fsp3) is 0.400. The van der Waals surface area contributed by atoms with Crippen LogP contribution in [0.25, 0.3) is 11.3 Å². The molecule has 0 fully saturated rings. The van der Waals surface area contributed by atoms with E-state index in [2.05, 4.69) is 4.98 Å². The summed E-state index contributed by atoms with van der Waals surface area (Å²) in [7, 11) is 0. The second-order valence-corrected chi connectivity index (χ2v) is 6.88. The van der Waals surface area contributed by atoms with E-state index in [0.29, 0.717) is 11.3 Å². The third kappa shape index (κ3) is 3.63. The van der Waals surface area contributed by atoms with Crippen LogP contribution in [0.15, 0.2) is 29.6 Å². The van der Waals surface area contributed by atoms with Crippen LogP contribution in [0.3, 0.4) is 0 Å². The van der Waals surface area contributed by atoms with Crippen molar-refractivity contribution in [1.29, 1.82) is 0 Å². The Kier molecular flexibility index (Phi) is 4.13. The van der Waals surface area contributed by atoms with Crippen LogP contribution in [-0.4, -0.2) is 4.98 Å². The molecule has 2 nitrogen and oxygen atoms in total. The van der Waals surface area contributed by atoms with E-state index in [1.807, 2.05) is 26.2 Å². The molecular weight excluding hydrogens is 297 g/mol. The lowest BCUT2D eigenvalue weighted by atomic mass is 9.88. The number of nitrogens with zero attached hydrogens (tertiary/aromatic N) is 1. The highest BCUT2D eigenvalue weighted by Gasteiger charge is 2.30. The lowest BCUT2D eigenvalue weighted by molar-refractivity contribution is -0.137. The molecule has 0 saturated carbocycles. The Morgan fingerprint density at radius 2 is 1.67 bits per heavy atom. The highest BCUT2D eigenvalue weighted by Crippen LogP contribution is 2.35. The largest absolute Gasteiger partial charge is 0.416 e. The fourth-order valence-electron chi connectivity index (χ4n) is 1.76. The van der Waals surface area contributed by atoms with Crippen LogP contribution in [0, 0.1) is 5.41 Å². The summed E-state index contributed by atoms with van der Waals surface area (Å²) in [6.45, 7) is 6.07. The van der Waals surface area contributed by atoms with Gasteiger partial charge in [-0.2, -0.15) is 13.2 Å². The maximum atomic E-state index is 12.5. The minimum atomic E-state index is -4.32. The van der Waals surface area contributed by atoms with Gasteiger partial charge in [0.25, 0.3) is 0 Å². The van der Waals surface area contributed by atoms with Gasteiger partial charge in [0, 0.05) is 10.9 Å². The van der Waals surface area contributed by atoms with E-state index in [0.717, 1.165) is 17.1 Å². The van der Waals surface area contributed by atoms with Gasteiger partial charge in [0.15, 0.2) is 0 Å². The number of halogens is 3. The highest BCUT2D eigenvalue weighted by molar-refractivity contribution is 7.10. The van der Waals surface area contributed by atoms with E-state index >= 15 is 0 Å². The van der Waals surface area contributed by atoms with Crippen LogP contribution in [-0.2, 0) is 6.18 Å². The summed E-state index contributed by atoms with van der Waals surface area (Å²) >= 11 is 1.43. The number of nitrogens with two attached hydrogens (primary N) is 1. The van der Waals surface area contributed by atoms with Gasteiger partial charge in [0.2, 0.25) is 0 Å². The first-order valence-electron chi connectivity index (χ1n) is 6.47. The average Bonchev–Trinajstić information content (AvgIpc) is 2.85. The maximum absolute atomic E-state index is 12.5. The van der Waals surface area contributed by atoms with E-state index in [-0.39, 0.29) is 11.5 Å². The first-order chi connectivity index (χ1) is 9.59. The summed E-state index contributed by atoms with van der Waals surface area (Å²) in [5.41, 5.74) is 6.68. The number of thiazole rings is 1. The minimum Gasteiger partial charge on any atom is -0.322 e. The molecule has 0 aliphatic rings. The van der Waals surface area contributed by atoms with E-state index in [4.69, 9.17) is 5.73 Å². The topological polar surface area (TPSA) is 38.9 Å². The van der Waals surface area contributed by atoms with Crippen molar-refractivity contribution >= 4 is 11.3 Å². The van der Waals surface area contributed by atoms with Gasteiger partial charge in [-0.05, 0) is 17.5 Å². The van der Waals surface area contributed by atoms with Crippen molar-refractivity contribution in [2.45, 2.75) is 33.0 Å². The van der Waals surface area contributed by atoms with Crippen molar-refractivity contribution in [3.05, 3.63) is 40.2 Å². The Morgan fingerprint density at radius 1 is 1.10 bits per heavy atom. The van der Waals surface area contributed by atoms with Crippen LogP contribution in [0.2, 0.25) is 0 Å². The molecule has 0 saturated heterocycles. The van der Waals surface area contributed by atoms with Crippen LogP contribution in [0.4, 0.5) is 13.2 Å². The zero-order valence-electron chi connectivity index (χ0n) is 12.0. The molecule has 0 spiro atoms. The van der Waals surface area contributed by atoms with Crippen LogP contribution in [0.1, 0.15) is 37.4 Å². The standard InChI is InChI=1S/C15H17F3N2S/c1-14(2,3)12(19)13-20-11(8-21-13)9-4-6-10(7-5-9)15(16,17)18/h4-8,12H,19H2,1-3H3. The van der Waals surface area contributed by atoms with Crippen molar-refractivity contribution < 1.29 is 13.2 Å². The molecule has 0 radical (unpaired) electrons. The molecule has 1 aromatic heterocycles. The fourth-order valence-corrected chi connectivity index (χ4v) is 2.84. The predicted molar refractivity (Wildman–Crippen MR) is 78.9 cm³/mol. The Hall–Kier alpha value is -1.40. The molecule has 0 aliphatic carbocycles. The lowest BCUT2D eigenvalue weighted by Gasteiger charge is -2.24. The van der Waals surface area contributed by atoms with Gasteiger partial charge in [0.1, 0.15) is 5.01 Å². The smallest absolute Gasteiger partial charge is 0.322 e. The van der Waals surface area contributed by atoms with Crippen LogP contribution < -0.4 is 5.73 Å². The van der Waals surface area contributed by atoms with Gasteiger partial charge >= 0.3 is 6.18 Å². The van der Waals surface area contributed by atoms with E-state index in [1.165, 1.54) is 23.5 Å². The Labute approximate surface area is 125 Å². The van der Waals surface area contributed by atoms with Crippen LogP contribution in [0.5, 0.6) is 0 Å². The molecule has 2 rings (SSSR count). The number of aromatic nitrogens is 1. The molecule has 21 heavy (non-hydrogen) atoms. The van der Waals surface area contributed by atoms with Crippen molar-refractivity contribution in [1.82, 2.24) is 4.98 Å². The molecule has 1 unspecified atom stereocenters. The summed E-state index contributed by atoms with van der Waals surface area (Å²) in [6.07, 6.45) is -4.32. The van der Waals surface area contributed by atoms with E-state index in [1.54, 1.807) is 0 Å². The molecule has 0 aliphatic heterocycles. The third-order valence-electron chi connectivity index (χ3n) is 3.23. The Balaban J connectivity index is 2.26. The summed E-state index contributed by atoms with van der Waals surface area (Å²) < 4.78 is 37.6. The molecular formula is C15H17F3N2S. The van der Waals surface area contributed by atoms with Crippen LogP contribution >= 0.6 is 11.3 Å². The molecule has 6 heteroatoms. The first kappa shape index (κ1) is 16.0. The van der Waals surface area contributed by atoms with Gasteiger partial charge in [-0.1, -0.05) is 32.9 Å². The second-order valence-electron chi connectivity index (χ2n) is 5.99. The third-order valence-corrected chi connectivity index (χ3v) is 4.16. The summed E-state index contributed by atoms with van der Waals surface area (Å²) in [4.78, 5) is 4.45. The van der Waals surface area contributed by atoms with Gasteiger partial charge in [0.05, 0.1) is 17.3 Å². The van der Waals surface area contributed by atoms with E-state index in [9.17, 15) is 13.2 Å². The molecule has 1 heterocycles. The van der Waals surface area contributed by atoms with Crippen molar-refractivity contribution in [2.24, 2.45) is 11.1 Å². The molecule has 0 amide bonds. The predicted octanol–water partition coefficient (Wildman–Crippen LogP) is 4.87. The first-order valence-corrected chi connectivity index (χ1v) is 7.35. The van der Waals surface area contributed by atoms with E-state index < -0.39 is 11.7 Å². The Morgan fingerprint density at radius 3 is 2.14 bits per heavy atom. The van der Waals surface area contributed by atoms with Crippen molar-refractivity contribution in [3.8, 4) is 11.3 Å². The second kappa shape index (κ2) is 5.42. The van der Waals surface area contributed by atoms with Crippen molar-refractivity contribution in [2.75, 3.05) is 0 Å². The number of rotatable bonds is 2. The summed E-state index contributed by atoms with van der Waals surface area (Å²) in [6, 6.07) is 4.80. The zero-order chi connectivity index (χ0) is 15.8. The average molecular weight is 314 g/mol. The summed E-state index contributed by atoms with van der Waals surface area (Å²) in [5.74, 6) is 0. The molecule has 1 atom stereocenters. The SMILES string of the molecule is CC(C)(C)C(N)c1nc(-c2ccc(C(F)(F)F)cc2)cs1. The molecule has 1 aromatic carbocycles. The quantitative estimate of drug-likeness (QED) is 0.858. The number of hydrogen-bond donors (Lipinski definition) is 1. The molecule has 0 bridgehead atoms. The van der Waals surface area contributed by atoms with Crippen molar-refractivity contribution in [3.63, 3.8) is 0 Å². The molecule has 2 N–H and O–H groups in total. The van der Waals surface area contributed by atoms with Gasteiger partial charge in [-0.15, -0.1) is 11.3 Å². The van der Waals surface area contributed by atoms with Gasteiger partial charge < -0.3 is 5.73 Å². The highest BCUT2D eigenvalue weighted by atomic mass is 32.1. The normalized spacial score (nSPS) is 14.2. The summed E-state index contributed by atoms with van der Waals surface area (Å²) in [5, 5.41) is 2.61. The zero-order valence-corrected chi connectivity index (χ0v) is 12.8. The number of benzene rings is 1. The lowest BCUT2D eigenvalue weighted by Crippen LogP contribution is -2.26. The molecule has 2 aromatic rings. The number of alkyl halides is 3.